The molecule has 0 aromatic rings. The summed E-state index contributed by atoms with van der Waals surface area (Å²) in [5.74, 6) is -0.747. The van der Waals surface area contributed by atoms with Crippen LogP contribution < -0.4 is 29.6 Å². The second-order valence-corrected chi connectivity index (χ2v) is 3.55. The van der Waals surface area contributed by atoms with Gasteiger partial charge in [0.15, 0.2) is 0 Å². The van der Waals surface area contributed by atoms with E-state index in [1.807, 2.05) is 6.07 Å². The van der Waals surface area contributed by atoms with Gasteiger partial charge >= 0.3 is 35.5 Å². The predicted molar refractivity (Wildman–Crippen MR) is 51.2 cm³/mol. The molecule has 1 unspecified atom stereocenters. The fourth-order valence-electron chi connectivity index (χ4n) is 1.49. The van der Waals surface area contributed by atoms with E-state index >= 15 is 0 Å². The van der Waals surface area contributed by atoms with Crippen molar-refractivity contribution in [3.8, 4) is 6.07 Å². The van der Waals surface area contributed by atoms with Gasteiger partial charge in [-0.2, -0.15) is 5.26 Å². The van der Waals surface area contributed by atoms with Crippen LogP contribution in [0.1, 0.15) is 41.0 Å². The molecule has 0 aliphatic carbocycles. The minimum atomic E-state index is -0.879. The van der Waals surface area contributed by atoms with Crippen molar-refractivity contribution in [3.05, 3.63) is 0 Å². The molecule has 0 fully saturated rings. The fourth-order valence-corrected chi connectivity index (χ4v) is 1.49. The summed E-state index contributed by atoms with van der Waals surface area (Å²) in [7, 11) is 0. The first kappa shape index (κ1) is 16.4. The number of hydrogen-bond acceptors (Lipinski definition) is 2. The average Bonchev–Trinajstić information content (AvgIpc) is 2.02. The van der Waals surface area contributed by atoms with Crippen LogP contribution in [0.25, 0.3) is 0 Å². The molecule has 0 heterocycles. The molecule has 0 rings (SSSR count). The fraction of sp³-hybridized carbons (Fsp3) is 0.800. The van der Waals surface area contributed by atoms with Crippen molar-refractivity contribution < 1.29 is 40.9 Å². The van der Waals surface area contributed by atoms with E-state index in [4.69, 9.17) is 10.4 Å². The van der Waals surface area contributed by atoms with Crippen LogP contribution >= 0.6 is 0 Å². The van der Waals surface area contributed by atoms with E-state index in [2.05, 4.69) is 13.8 Å². The molecule has 0 amide bonds. The van der Waals surface area contributed by atoms with Crippen molar-refractivity contribution in [1.29, 1.82) is 5.26 Å². The molecule has 0 aliphatic rings. The number of carboxylic acids is 1. The third kappa shape index (κ3) is 8.55. The molecular formula is C10H18NNaO2. The molecule has 2 atom stereocenters. The summed E-state index contributed by atoms with van der Waals surface area (Å²) in [4.78, 5) is 10.4. The summed E-state index contributed by atoms with van der Waals surface area (Å²) in [6.07, 6.45) is 2.84. The SMILES string of the molecule is CCC[C@@H](C)CC(C#N)CC(=O)O.[H-].[Na+]. The van der Waals surface area contributed by atoms with E-state index in [0.717, 1.165) is 12.8 Å². The van der Waals surface area contributed by atoms with Crippen molar-refractivity contribution in [2.45, 2.75) is 39.5 Å². The molecule has 0 bridgehead atoms. The monoisotopic (exact) mass is 207 g/mol. The first-order valence-electron chi connectivity index (χ1n) is 4.71. The summed E-state index contributed by atoms with van der Waals surface area (Å²) >= 11 is 0. The van der Waals surface area contributed by atoms with Crippen molar-refractivity contribution in [3.63, 3.8) is 0 Å². The van der Waals surface area contributed by atoms with Gasteiger partial charge in [-0.25, -0.2) is 0 Å². The number of carbonyl (C=O) groups is 1. The molecule has 1 N–H and O–H groups in total. The summed E-state index contributed by atoms with van der Waals surface area (Å²) in [6, 6.07) is 2.04. The molecule has 3 nitrogen and oxygen atoms in total. The largest absolute Gasteiger partial charge is 1.00 e. The van der Waals surface area contributed by atoms with Crippen LogP contribution in [0.3, 0.4) is 0 Å². The van der Waals surface area contributed by atoms with E-state index in [0.29, 0.717) is 12.3 Å². The Morgan fingerprint density at radius 2 is 2.21 bits per heavy atom. The van der Waals surface area contributed by atoms with Crippen LogP contribution in [0.4, 0.5) is 0 Å². The number of hydrogen-bond donors (Lipinski definition) is 1. The van der Waals surface area contributed by atoms with Gasteiger partial charge in [-0.05, 0) is 12.3 Å². The molecule has 76 valence electrons. The Bertz CT molecular complexity index is 206. The third-order valence-electron chi connectivity index (χ3n) is 2.07. The van der Waals surface area contributed by atoms with E-state index in [1.54, 1.807) is 0 Å². The summed E-state index contributed by atoms with van der Waals surface area (Å²) in [5, 5.41) is 17.2. The van der Waals surface area contributed by atoms with Gasteiger partial charge in [0.2, 0.25) is 0 Å². The predicted octanol–water partition coefficient (Wildman–Crippen LogP) is -0.456. The second kappa shape index (κ2) is 9.51. The van der Waals surface area contributed by atoms with Crippen molar-refractivity contribution in [1.82, 2.24) is 0 Å². The van der Waals surface area contributed by atoms with Crippen LogP contribution in [0, 0.1) is 23.2 Å². The van der Waals surface area contributed by atoms with E-state index in [-0.39, 0.29) is 43.3 Å². The van der Waals surface area contributed by atoms with Gasteiger partial charge in [-0.3, -0.25) is 4.79 Å². The average molecular weight is 207 g/mol. The van der Waals surface area contributed by atoms with Crippen molar-refractivity contribution >= 4 is 5.97 Å². The minimum Gasteiger partial charge on any atom is -1.00 e. The molecule has 0 saturated carbocycles. The Labute approximate surface area is 109 Å². The Morgan fingerprint density at radius 1 is 1.64 bits per heavy atom. The summed E-state index contributed by atoms with van der Waals surface area (Å²) < 4.78 is 0. The van der Waals surface area contributed by atoms with Gasteiger partial charge in [-0.15, -0.1) is 0 Å². The number of nitriles is 1. The van der Waals surface area contributed by atoms with Crippen LogP contribution in [0.2, 0.25) is 0 Å². The third-order valence-corrected chi connectivity index (χ3v) is 2.07. The van der Waals surface area contributed by atoms with Crippen LogP contribution in [-0.4, -0.2) is 11.1 Å². The van der Waals surface area contributed by atoms with E-state index in [9.17, 15) is 4.79 Å². The maximum absolute atomic E-state index is 10.4. The summed E-state index contributed by atoms with van der Waals surface area (Å²) in [5.41, 5.74) is 0. The number of carboxylic acid groups (broad SMARTS) is 1. The van der Waals surface area contributed by atoms with E-state index < -0.39 is 5.97 Å². The zero-order valence-electron chi connectivity index (χ0n) is 10.3. The standard InChI is InChI=1S/C10H17NO2.Na.H/c1-3-4-8(2)5-9(7-11)6-10(12)13;;/h8-9H,3-6H2,1-2H3,(H,12,13);;/q;+1;-1/t8-,9?;;/m1../s1. The van der Waals surface area contributed by atoms with Crippen LogP contribution in [0.15, 0.2) is 0 Å². The number of nitrogens with zero attached hydrogens (tertiary/aromatic N) is 1. The zero-order chi connectivity index (χ0) is 10.3. The maximum atomic E-state index is 10.4. The molecule has 0 aromatic carbocycles. The molecule has 0 saturated heterocycles. The molecule has 0 aliphatic heterocycles. The minimum absolute atomic E-state index is 0. The smallest absolute Gasteiger partial charge is 1.00 e. The van der Waals surface area contributed by atoms with E-state index in [1.165, 1.54) is 0 Å². The molecule has 0 spiro atoms. The quantitative estimate of drug-likeness (QED) is 0.600. The van der Waals surface area contributed by atoms with Gasteiger partial charge in [0.1, 0.15) is 0 Å². The van der Waals surface area contributed by atoms with Crippen molar-refractivity contribution in [2.24, 2.45) is 11.8 Å². The van der Waals surface area contributed by atoms with Gasteiger partial charge in [0.25, 0.3) is 0 Å². The van der Waals surface area contributed by atoms with Gasteiger partial charge in [-0.1, -0.05) is 26.7 Å². The molecular weight excluding hydrogens is 189 g/mol. The van der Waals surface area contributed by atoms with Gasteiger partial charge in [0, 0.05) is 0 Å². The number of aliphatic carboxylic acids is 1. The van der Waals surface area contributed by atoms with Crippen LogP contribution in [0.5, 0.6) is 0 Å². The van der Waals surface area contributed by atoms with Gasteiger partial charge in [0.05, 0.1) is 18.4 Å². The molecule has 0 aromatic heterocycles. The maximum Gasteiger partial charge on any atom is 1.00 e. The zero-order valence-corrected chi connectivity index (χ0v) is 11.3. The topological polar surface area (TPSA) is 61.1 Å². The Kier molecular flexibility index (Phi) is 11.1. The van der Waals surface area contributed by atoms with Crippen LogP contribution in [-0.2, 0) is 4.79 Å². The Hall–Kier alpha value is -0.0400. The van der Waals surface area contributed by atoms with Gasteiger partial charge < -0.3 is 6.53 Å². The normalized spacial score (nSPS) is 13.5. The second-order valence-electron chi connectivity index (χ2n) is 3.55. The first-order valence-corrected chi connectivity index (χ1v) is 4.71. The molecule has 14 heavy (non-hydrogen) atoms. The summed E-state index contributed by atoms with van der Waals surface area (Å²) in [6.45, 7) is 4.16. The number of rotatable bonds is 6. The first-order chi connectivity index (χ1) is 6.10. The Balaban J connectivity index is -0.000000720. The Morgan fingerprint density at radius 3 is 2.57 bits per heavy atom. The molecule has 4 heteroatoms. The van der Waals surface area contributed by atoms with Crippen molar-refractivity contribution in [2.75, 3.05) is 0 Å². The molecule has 0 radical (unpaired) electrons.